The van der Waals surface area contributed by atoms with Crippen molar-refractivity contribution < 1.29 is 19.2 Å². The molecule has 5 heteroatoms. The highest BCUT2D eigenvalue weighted by molar-refractivity contribution is 6.42. The van der Waals surface area contributed by atoms with Crippen molar-refractivity contribution in [2.75, 3.05) is 0 Å². The molecule has 2 aliphatic carbocycles. The number of carbonyl (C=O) groups is 4. The summed E-state index contributed by atoms with van der Waals surface area (Å²) in [6.45, 7) is 8.75. The summed E-state index contributed by atoms with van der Waals surface area (Å²) < 4.78 is 2.28. The minimum atomic E-state index is -0.260. The van der Waals surface area contributed by atoms with E-state index in [-0.39, 0.29) is 46.1 Å². The van der Waals surface area contributed by atoms with Crippen LogP contribution in [0.15, 0.2) is 114 Å². The number of rotatable bonds is 5. The lowest BCUT2D eigenvalue weighted by Gasteiger charge is -2.22. The number of nitrogens with zero attached hydrogens (tertiary/aromatic N) is 1. The van der Waals surface area contributed by atoms with E-state index in [0.29, 0.717) is 22.3 Å². The molecule has 0 spiro atoms. The lowest BCUT2D eigenvalue weighted by atomic mass is 9.92. The molecule has 0 radical (unpaired) electrons. The van der Waals surface area contributed by atoms with Gasteiger partial charge in [-0.2, -0.15) is 0 Å². The van der Waals surface area contributed by atoms with E-state index in [2.05, 4.69) is 50.5 Å². The summed E-state index contributed by atoms with van der Waals surface area (Å²) in [5.41, 5.74) is 8.88. The first kappa shape index (κ1) is 30.4. The molecule has 0 bridgehead atoms. The van der Waals surface area contributed by atoms with Crippen LogP contribution in [0.25, 0.3) is 39.6 Å². The number of hydrogen-bond acceptors (Lipinski definition) is 4. The van der Waals surface area contributed by atoms with E-state index in [1.54, 1.807) is 60.7 Å². The molecule has 8 rings (SSSR count). The number of allylic oxidation sites excluding steroid dienone is 2. The third-order valence-corrected chi connectivity index (χ3v) is 9.81. The monoisotopic (exact) mass is 639 g/mol. The summed E-state index contributed by atoms with van der Waals surface area (Å²) >= 11 is 0. The summed E-state index contributed by atoms with van der Waals surface area (Å²) in [5, 5.41) is 2.02. The highest BCUT2D eigenvalue weighted by atomic mass is 16.2. The van der Waals surface area contributed by atoms with E-state index < -0.39 is 0 Å². The van der Waals surface area contributed by atoms with Crippen molar-refractivity contribution in [1.82, 2.24) is 4.57 Å². The summed E-state index contributed by atoms with van der Waals surface area (Å²) in [5.74, 6) is -0.602. The molecule has 0 aliphatic heterocycles. The highest BCUT2D eigenvalue weighted by Gasteiger charge is 2.34. The Hall–Kier alpha value is -5.94. The normalized spacial score (nSPS) is 14.2. The van der Waals surface area contributed by atoms with Crippen LogP contribution >= 0.6 is 0 Å². The van der Waals surface area contributed by atoms with Gasteiger partial charge in [0.2, 0.25) is 0 Å². The molecule has 238 valence electrons. The molecule has 0 saturated carbocycles. The number of aromatic nitrogens is 1. The zero-order valence-electron chi connectivity index (χ0n) is 27.7. The number of Topliss-reactive ketones (excluding diaryl/α,β-unsaturated/α-hetero) is 4. The zero-order valence-corrected chi connectivity index (χ0v) is 27.7. The van der Waals surface area contributed by atoms with E-state index in [1.165, 1.54) is 11.1 Å². The van der Waals surface area contributed by atoms with Crippen molar-refractivity contribution in [3.8, 4) is 5.69 Å². The number of hydrogen-bond donors (Lipinski definition) is 0. The van der Waals surface area contributed by atoms with Gasteiger partial charge in [-0.25, -0.2) is 0 Å². The number of para-hydroxylation sites is 1. The largest absolute Gasteiger partial charge is 0.309 e. The van der Waals surface area contributed by atoms with Crippen molar-refractivity contribution >= 4 is 57.1 Å². The molecule has 0 N–H and O–H groups in total. The van der Waals surface area contributed by atoms with E-state index >= 15 is 0 Å². The maximum atomic E-state index is 13.3. The van der Waals surface area contributed by atoms with E-state index in [0.717, 1.165) is 38.6 Å². The molecule has 5 nitrogen and oxygen atoms in total. The Balaban J connectivity index is 1.38. The van der Waals surface area contributed by atoms with E-state index in [1.807, 2.05) is 36.4 Å². The zero-order chi connectivity index (χ0) is 34.1. The van der Waals surface area contributed by atoms with Gasteiger partial charge in [0, 0.05) is 33.0 Å². The fourth-order valence-electron chi connectivity index (χ4n) is 7.38. The molecule has 1 aromatic heterocycles. The molecule has 0 saturated heterocycles. The Kier molecular flexibility index (Phi) is 7.04. The Morgan fingerprint density at radius 3 is 1.18 bits per heavy atom. The Labute approximate surface area is 284 Å². The smallest absolute Gasteiger partial charge is 0.197 e. The van der Waals surface area contributed by atoms with Crippen LogP contribution in [-0.4, -0.2) is 27.7 Å². The van der Waals surface area contributed by atoms with Gasteiger partial charge in [0.1, 0.15) is 0 Å². The van der Waals surface area contributed by atoms with E-state index in [4.69, 9.17) is 0 Å². The fourth-order valence-corrected chi connectivity index (χ4v) is 7.38. The number of benzene rings is 5. The molecule has 2 aliphatic rings. The van der Waals surface area contributed by atoms with Gasteiger partial charge in [-0.1, -0.05) is 119 Å². The van der Waals surface area contributed by atoms with Gasteiger partial charge in [0.15, 0.2) is 23.1 Å². The topological polar surface area (TPSA) is 73.2 Å². The minimum Gasteiger partial charge on any atom is -0.309 e. The fraction of sp³-hybridized carbons (Fsp3) is 0.136. The quantitative estimate of drug-likeness (QED) is 0.139. The minimum absolute atomic E-state index is 0.162. The lowest BCUT2D eigenvalue weighted by molar-refractivity contribution is 0.0975. The summed E-state index contributed by atoms with van der Waals surface area (Å²) in [4.78, 5) is 53.2. The molecular weight excluding hydrogens is 606 g/mol. The second-order valence-corrected chi connectivity index (χ2v) is 13.5. The van der Waals surface area contributed by atoms with Crippen LogP contribution in [0.4, 0.5) is 0 Å². The van der Waals surface area contributed by atoms with E-state index in [9.17, 15) is 19.2 Å². The van der Waals surface area contributed by atoms with Gasteiger partial charge >= 0.3 is 0 Å². The number of carbonyl (C=O) groups excluding carboxylic acids is 4. The van der Waals surface area contributed by atoms with Crippen LogP contribution in [0.3, 0.4) is 0 Å². The van der Waals surface area contributed by atoms with Gasteiger partial charge in [-0.15, -0.1) is 0 Å². The summed E-state index contributed by atoms with van der Waals surface area (Å²) in [6.07, 6.45) is 3.41. The van der Waals surface area contributed by atoms with Crippen molar-refractivity contribution in [2.45, 2.75) is 39.5 Å². The van der Waals surface area contributed by atoms with Gasteiger partial charge in [-0.3, -0.25) is 19.2 Å². The van der Waals surface area contributed by atoms with Gasteiger partial charge in [0.25, 0.3) is 0 Å². The highest BCUT2D eigenvalue weighted by Crippen LogP contribution is 2.40. The molecule has 49 heavy (non-hydrogen) atoms. The average molecular weight is 640 g/mol. The van der Waals surface area contributed by atoms with Crippen LogP contribution in [0.5, 0.6) is 0 Å². The second-order valence-electron chi connectivity index (χ2n) is 13.5. The van der Waals surface area contributed by atoms with Crippen molar-refractivity contribution in [3.05, 3.63) is 159 Å². The van der Waals surface area contributed by atoms with Crippen LogP contribution in [-0.2, 0) is 0 Å². The Bertz CT molecular complexity index is 2280. The van der Waals surface area contributed by atoms with Crippen LogP contribution < -0.4 is 0 Å². The molecular formula is C44H33NO4. The number of ketones is 4. The van der Waals surface area contributed by atoms with Crippen LogP contribution in [0.1, 0.15) is 103 Å². The predicted molar refractivity (Wildman–Crippen MR) is 195 cm³/mol. The standard InChI is InChI=1S/C44H33NO4/c1-24(2)28-14-9-15-29(25(3)4)40(28)45-38-22-26(20-36-41(46)32-10-5-6-11-33(32)42(36)47)16-18-30(38)31-19-17-27(23-39(31)45)21-37-43(48)34-12-7-8-13-35(34)44(37)49/h5-25H,1-4H3. The molecule has 0 fully saturated rings. The molecule has 5 aromatic carbocycles. The summed E-state index contributed by atoms with van der Waals surface area (Å²) in [6, 6.07) is 32.4. The van der Waals surface area contributed by atoms with Gasteiger partial charge in [0.05, 0.1) is 27.9 Å². The maximum Gasteiger partial charge on any atom is 0.197 e. The first-order valence-electron chi connectivity index (χ1n) is 16.7. The van der Waals surface area contributed by atoms with Crippen molar-refractivity contribution in [1.29, 1.82) is 0 Å². The number of fused-ring (bicyclic) bond motifs is 5. The SMILES string of the molecule is CC(C)c1cccc(C(C)C)c1-n1c2cc(C=C3C(=O)c4ccccc4C3=O)ccc2c2ccc(C=C3C(=O)c4ccccc4C3=O)cc21. The van der Waals surface area contributed by atoms with Gasteiger partial charge < -0.3 is 4.57 Å². The maximum absolute atomic E-state index is 13.3. The van der Waals surface area contributed by atoms with Crippen molar-refractivity contribution in [2.24, 2.45) is 0 Å². The molecule has 0 unspecified atom stereocenters. The lowest BCUT2D eigenvalue weighted by Crippen LogP contribution is -2.07. The van der Waals surface area contributed by atoms with Crippen LogP contribution in [0.2, 0.25) is 0 Å². The second kappa shape index (κ2) is 11.3. The average Bonchev–Trinajstić information content (AvgIpc) is 3.64. The Morgan fingerprint density at radius 2 is 0.837 bits per heavy atom. The Morgan fingerprint density at radius 1 is 0.469 bits per heavy atom. The third kappa shape index (κ3) is 4.68. The third-order valence-electron chi connectivity index (χ3n) is 9.81. The van der Waals surface area contributed by atoms with Crippen LogP contribution in [0, 0.1) is 0 Å². The first-order valence-corrected chi connectivity index (χ1v) is 16.7. The molecule has 0 atom stereocenters. The first-order chi connectivity index (χ1) is 23.6. The molecule has 6 aromatic rings. The predicted octanol–water partition coefficient (Wildman–Crippen LogP) is 9.96. The van der Waals surface area contributed by atoms with Crippen molar-refractivity contribution in [3.63, 3.8) is 0 Å². The molecule has 1 heterocycles. The molecule has 0 amide bonds. The summed E-state index contributed by atoms with van der Waals surface area (Å²) in [7, 11) is 0. The van der Waals surface area contributed by atoms with Gasteiger partial charge in [-0.05, 0) is 58.4 Å².